The summed E-state index contributed by atoms with van der Waals surface area (Å²) in [5.74, 6) is 2.35. The Morgan fingerprint density at radius 2 is 1.82 bits per heavy atom. The summed E-state index contributed by atoms with van der Waals surface area (Å²) < 4.78 is 17.0. The second-order valence-electron chi connectivity index (χ2n) is 7.10. The van der Waals surface area contributed by atoms with Crippen molar-refractivity contribution in [1.29, 1.82) is 0 Å². The van der Waals surface area contributed by atoms with Crippen LogP contribution in [-0.2, 0) is 11.2 Å². The molecule has 4 rings (SSSR count). The van der Waals surface area contributed by atoms with Gasteiger partial charge in [-0.05, 0) is 54.4 Å². The topological polar surface area (TPSA) is 51.9 Å². The summed E-state index contributed by atoms with van der Waals surface area (Å²) in [5, 5.41) is 0.923. The summed E-state index contributed by atoms with van der Waals surface area (Å²) >= 11 is 18.8. The van der Waals surface area contributed by atoms with E-state index < -0.39 is 0 Å². The van der Waals surface area contributed by atoms with Crippen LogP contribution in [0.25, 0.3) is 17.4 Å². The minimum absolute atomic E-state index is 0.141. The highest BCUT2D eigenvalue weighted by atomic mass is 35.5. The lowest BCUT2D eigenvalue weighted by atomic mass is 10.1. The molecule has 3 aromatic rings. The molecule has 1 aliphatic heterocycles. The van der Waals surface area contributed by atoms with Gasteiger partial charge in [-0.1, -0.05) is 53.2 Å². The molecular weight excluding hydrogens is 501 g/mol. The van der Waals surface area contributed by atoms with E-state index in [0.717, 1.165) is 11.1 Å². The second kappa shape index (κ2) is 10.2. The molecule has 5 nitrogen and oxygen atoms in total. The van der Waals surface area contributed by atoms with E-state index in [1.807, 2.05) is 30.3 Å². The number of nitrogens with zero attached hydrogens (tertiary/aromatic N) is 1. The van der Waals surface area contributed by atoms with Crippen molar-refractivity contribution in [3.8, 4) is 22.8 Å². The number of furan rings is 1. The van der Waals surface area contributed by atoms with Crippen LogP contribution in [0.15, 0.2) is 57.9 Å². The fourth-order valence-electron chi connectivity index (χ4n) is 3.33. The Kier molecular flexibility index (Phi) is 7.34. The Balaban J connectivity index is 1.46. The van der Waals surface area contributed by atoms with E-state index in [4.69, 9.17) is 49.3 Å². The maximum atomic E-state index is 13.0. The number of methoxy groups -OCH3 is 2. The zero-order chi connectivity index (χ0) is 23.5. The molecule has 0 bridgehead atoms. The van der Waals surface area contributed by atoms with Crippen molar-refractivity contribution in [3.05, 3.63) is 74.8 Å². The molecule has 1 saturated heterocycles. The highest BCUT2D eigenvalue weighted by Gasteiger charge is 2.32. The summed E-state index contributed by atoms with van der Waals surface area (Å²) in [5.41, 5.74) is 1.81. The van der Waals surface area contributed by atoms with E-state index in [1.165, 1.54) is 11.8 Å². The molecule has 0 atom stereocenters. The molecule has 9 heteroatoms. The molecule has 0 radical (unpaired) electrons. The summed E-state index contributed by atoms with van der Waals surface area (Å²) in [6, 6.07) is 14.6. The van der Waals surface area contributed by atoms with Gasteiger partial charge in [0.2, 0.25) is 0 Å². The molecule has 33 heavy (non-hydrogen) atoms. The molecular formula is C24H19Cl2NO4S2. The van der Waals surface area contributed by atoms with Crippen molar-refractivity contribution in [2.75, 3.05) is 20.8 Å². The van der Waals surface area contributed by atoms with Gasteiger partial charge in [-0.25, -0.2) is 0 Å². The first-order chi connectivity index (χ1) is 15.9. The summed E-state index contributed by atoms with van der Waals surface area (Å²) in [4.78, 5) is 15.1. The summed E-state index contributed by atoms with van der Waals surface area (Å²) in [6.07, 6.45) is 2.33. The number of thiocarbonyl (C=S) groups is 1. The Bertz CT molecular complexity index is 1260. The van der Waals surface area contributed by atoms with Crippen LogP contribution in [0.4, 0.5) is 0 Å². The van der Waals surface area contributed by atoms with Crippen molar-refractivity contribution < 1.29 is 18.7 Å². The predicted octanol–water partition coefficient (Wildman–Crippen LogP) is 6.71. The van der Waals surface area contributed by atoms with E-state index in [1.54, 1.807) is 43.4 Å². The molecule has 1 amide bonds. The number of amides is 1. The van der Waals surface area contributed by atoms with Gasteiger partial charge in [0.15, 0.2) is 11.5 Å². The van der Waals surface area contributed by atoms with Crippen LogP contribution in [0.5, 0.6) is 11.5 Å². The second-order valence-corrected chi connectivity index (χ2v) is 9.59. The van der Waals surface area contributed by atoms with Gasteiger partial charge < -0.3 is 13.9 Å². The van der Waals surface area contributed by atoms with Gasteiger partial charge >= 0.3 is 0 Å². The Morgan fingerprint density at radius 1 is 1.03 bits per heavy atom. The molecule has 1 fully saturated rings. The maximum absolute atomic E-state index is 13.0. The highest BCUT2D eigenvalue weighted by molar-refractivity contribution is 8.26. The first-order valence-corrected chi connectivity index (χ1v) is 11.9. The highest BCUT2D eigenvalue weighted by Crippen LogP contribution is 2.35. The van der Waals surface area contributed by atoms with Crippen LogP contribution < -0.4 is 9.47 Å². The first-order valence-electron chi connectivity index (χ1n) is 9.91. The van der Waals surface area contributed by atoms with Crippen molar-refractivity contribution >= 4 is 63.5 Å². The molecule has 170 valence electrons. The standard InChI is InChI=1S/C24H19Cl2NO4S2/c1-29-20-7-3-14(11-21(20)30-2)9-10-27-23(28)22(33-24(27)32)13-16-5-8-19(31-16)15-4-6-17(25)18(26)12-15/h3-8,11-13H,9-10H2,1-2H3/b22-13+. The largest absolute Gasteiger partial charge is 0.493 e. The predicted molar refractivity (Wildman–Crippen MR) is 137 cm³/mol. The minimum atomic E-state index is -0.141. The number of ether oxygens (including phenoxy) is 2. The number of benzene rings is 2. The molecule has 0 unspecified atom stereocenters. The van der Waals surface area contributed by atoms with Crippen LogP contribution in [-0.4, -0.2) is 35.9 Å². The fraction of sp³-hybridized carbons (Fsp3) is 0.167. The lowest BCUT2D eigenvalue weighted by Crippen LogP contribution is -2.30. The molecule has 0 saturated carbocycles. The Hall–Kier alpha value is -2.45. The Labute approximate surface area is 211 Å². The number of thioether (sulfide) groups is 1. The van der Waals surface area contributed by atoms with Crippen molar-refractivity contribution in [3.63, 3.8) is 0 Å². The minimum Gasteiger partial charge on any atom is -0.493 e. The average molecular weight is 520 g/mol. The number of halogens is 2. The average Bonchev–Trinajstić information content (AvgIpc) is 3.38. The lowest BCUT2D eigenvalue weighted by molar-refractivity contribution is -0.122. The lowest BCUT2D eigenvalue weighted by Gasteiger charge is -2.15. The molecule has 2 aromatic carbocycles. The van der Waals surface area contributed by atoms with E-state index in [0.29, 0.717) is 55.3 Å². The number of carbonyl (C=O) groups is 1. The van der Waals surface area contributed by atoms with Crippen LogP contribution in [0.1, 0.15) is 11.3 Å². The smallest absolute Gasteiger partial charge is 0.266 e. The molecule has 0 aliphatic carbocycles. The van der Waals surface area contributed by atoms with Crippen LogP contribution in [0.2, 0.25) is 10.0 Å². The zero-order valence-electron chi connectivity index (χ0n) is 17.8. The van der Waals surface area contributed by atoms with Gasteiger partial charge in [-0.3, -0.25) is 9.69 Å². The van der Waals surface area contributed by atoms with Crippen LogP contribution in [0.3, 0.4) is 0 Å². The molecule has 2 heterocycles. The number of hydrogen-bond donors (Lipinski definition) is 0. The quantitative estimate of drug-likeness (QED) is 0.255. The molecule has 1 aromatic heterocycles. The third-order valence-corrected chi connectivity index (χ3v) is 7.17. The van der Waals surface area contributed by atoms with E-state index in [-0.39, 0.29) is 5.91 Å². The summed E-state index contributed by atoms with van der Waals surface area (Å²) in [6.45, 7) is 0.462. The van der Waals surface area contributed by atoms with Crippen molar-refractivity contribution in [2.45, 2.75) is 6.42 Å². The van der Waals surface area contributed by atoms with Crippen molar-refractivity contribution in [1.82, 2.24) is 4.90 Å². The van der Waals surface area contributed by atoms with Crippen LogP contribution >= 0.6 is 47.2 Å². The number of rotatable bonds is 7. The summed E-state index contributed by atoms with van der Waals surface area (Å²) in [7, 11) is 3.19. The van der Waals surface area contributed by atoms with E-state index in [9.17, 15) is 4.79 Å². The number of hydrogen-bond acceptors (Lipinski definition) is 6. The first kappa shape index (κ1) is 23.7. The van der Waals surface area contributed by atoms with Gasteiger partial charge in [0.1, 0.15) is 15.8 Å². The normalized spacial score (nSPS) is 14.9. The van der Waals surface area contributed by atoms with Gasteiger partial charge in [0, 0.05) is 18.2 Å². The van der Waals surface area contributed by atoms with Gasteiger partial charge in [-0.2, -0.15) is 0 Å². The fourth-order valence-corrected chi connectivity index (χ4v) is 4.92. The monoisotopic (exact) mass is 519 g/mol. The van der Waals surface area contributed by atoms with E-state index in [2.05, 4.69) is 0 Å². The molecule has 0 spiro atoms. The zero-order valence-corrected chi connectivity index (χ0v) is 20.9. The SMILES string of the molecule is COc1ccc(CCN2C(=O)/C(=C\c3ccc(-c4ccc(Cl)c(Cl)c4)o3)SC2=S)cc1OC. The Morgan fingerprint density at radius 3 is 2.55 bits per heavy atom. The van der Waals surface area contributed by atoms with Gasteiger partial charge in [0.25, 0.3) is 5.91 Å². The van der Waals surface area contributed by atoms with E-state index >= 15 is 0 Å². The molecule has 0 N–H and O–H groups in total. The maximum Gasteiger partial charge on any atom is 0.266 e. The van der Waals surface area contributed by atoms with Crippen molar-refractivity contribution in [2.24, 2.45) is 0 Å². The molecule has 1 aliphatic rings. The third kappa shape index (κ3) is 5.22. The van der Waals surface area contributed by atoms with Crippen LogP contribution in [0, 0.1) is 0 Å². The third-order valence-electron chi connectivity index (χ3n) is 5.05. The number of carbonyl (C=O) groups excluding carboxylic acids is 1. The van der Waals surface area contributed by atoms with Gasteiger partial charge in [0.05, 0.1) is 29.2 Å². The van der Waals surface area contributed by atoms with Gasteiger partial charge in [-0.15, -0.1) is 0 Å².